The second-order valence-electron chi connectivity index (χ2n) is 0.224. The molecule has 8 heavy (non-hydrogen) atoms. The largest absolute Gasteiger partial charge is 0.598 e. The molecule has 5 nitrogen and oxygen atoms in total. The van der Waals surface area contributed by atoms with Gasteiger partial charge in [-0.1, -0.05) is 4.57 Å². The van der Waals surface area contributed by atoms with E-state index in [2.05, 4.69) is 11.5 Å². The Balaban J connectivity index is -0.0000000542. The molecule has 0 aliphatic rings. The molecule has 0 bridgehead atoms. The fraction of sp³-hybridized carbons (Fsp3) is 1.00. The molecular weight excluding hydrogens is 131 g/mol. The second-order valence-corrected chi connectivity index (χ2v) is 0.671. The Bertz CT molecular complexity index is 38.3. The van der Waals surface area contributed by atoms with Crippen molar-refractivity contribution in [3.05, 3.63) is 0 Å². The fourth-order valence-electron chi connectivity index (χ4n) is 0. The van der Waals surface area contributed by atoms with Gasteiger partial charge in [0.15, 0.2) is 0 Å². The number of hydrogen-bond donors (Lipinski definition) is 2. The summed E-state index contributed by atoms with van der Waals surface area (Å²) >= 11 is 0. The van der Waals surface area contributed by atoms with Gasteiger partial charge in [0.25, 0.3) is 8.25 Å². The summed E-state index contributed by atoms with van der Waals surface area (Å²) in [6, 6.07) is 0. The highest BCUT2D eigenvalue weighted by atomic mass is 31.1. The quantitative estimate of drug-likeness (QED) is 0.337. The first-order chi connectivity index (χ1) is 3.73. The number of rotatable bonds is 0. The summed E-state index contributed by atoms with van der Waals surface area (Å²) < 4.78 is 8.48. The molecule has 0 saturated heterocycles. The molecule has 0 aliphatic heterocycles. The number of hydrogen-bond acceptors (Lipinski definition) is 3. The SMILES string of the molecule is C[NH3+].C[NH3+].O=[P+]([O-])[O-]. The van der Waals surface area contributed by atoms with Crippen LogP contribution in [0.2, 0.25) is 0 Å². The Labute approximate surface area is 49.3 Å². The average Bonchev–Trinajstić information content (AvgIpc) is 1.75. The standard InChI is InChI=1S/2CH5N.HO3P/c2*1-2;1-4(2)3/h2*2H2,1H3;(H,1,2,3)/p+1. The molecule has 0 unspecified atom stereocenters. The van der Waals surface area contributed by atoms with Crippen molar-refractivity contribution in [2.24, 2.45) is 0 Å². The lowest BCUT2D eigenvalue weighted by atomic mass is 11.6. The smallest absolute Gasteiger partial charge is 0.276 e. The molecule has 0 aromatic heterocycles. The molecule has 6 N–H and O–H groups in total. The summed E-state index contributed by atoms with van der Waals surface area (Å²) in [6.07, 6.45) is 0. The molecular formula is C2H12N2O3P+. The first kappa shape index (κ1) is 15.7. The van der Waals surface area contributed by atoms with Gasteiger partial charge in [-0.25, -0.2) is 0 Å². The Hall–Kier alpha value is -0.0600. The normalized spacial score (nSPS) is 4.75. The molecule has 6 heteroatoms. The Morgan fingerprint density at radius 2 is 1.12 bits per heavy atom. The molecule has 0 fully saturated rings. The number of quaternary nitrogens is 2. The Morgan fingerprint density at radius 1 is 1.12 bits per heavy atom. The van der Waals surface area contributed by atoms with Gasteiger partial charge in [-0.3, -0.25) is 0 Å². The lowest BCUT2D eigenvalue weighted by molar-refractivity contribution is -0.325. The van der Waals surface area contributed by atoms with Crippen molar-refractivity contribution in [2.45, 2.75) is 0 Å². The highest BCUT2D eigenvalue weighted by molar-refractivity contribution is 7.27. The molecule has 0 saturated carbocycles. The van der Waals surface area contributed by atoms with Gasteiger partial charge in [-0.05, 0) is 0 Å². The van der Waals surface area contributed by atoms with Crippen molar-refractivity contribution in [3.8, 4) is 0 Å². The minimum Gasteiger partial charge on any atom is -0.598 e. The highest BCUT2D eigenvalue weighted by Crippen LogP contribution is 1.79. The third-order valence-corrected chi connectivity index (χ3v) is 0. The van der Waals surface area contributed by atoms with Crippen molar-refractivity contribution in [3.63, 3.8) is 0 Å². The predicted octanol–water partition coefficient (Wildman–Crippen LogP) is -3.92. The van der Waals surface area contributed by atoms with Crippen LogP contribution in [-0.4, -0.2) is 14.1 Å². The molecule has 0 atom stereocenters. The summed E-state index contributed by atoms with van der Waals surface area (Å²) in [6.45, 7) is 0. The monoisotopic (exact) mass is 143 g/mol. The molecule has 0 aromatic rings. The van der Waals surface area contributed by atoms with Crippen molar-refractivity contribution in [1.82, 2.24) is 0 Å². The minimum absolute atomic E-state index is 1.75. The van der Waals surface area contributed by atoms with Gasteiger partial charge >= 0.3 is 0 Å². The zero-order valence-corrected chi connectivity index (χ0v) is 5.98. The lowest BCUT2D eigenvalue weighted by Gasteiger charge is -1.75. The molecule has 0 aliphatic carbocycles. The van der Waals surface area contributed by atoms with E-state index in [-0.39, 0.29) is 0 Å². The van der Waals surface area contributed by atoms with Gasteiger partial charge < -0.3 is 21.3 Å². The molecule has 0 radical (unpaired) electrons. The van der Waals surface area contributed by atoms with Gasteiger partial charge in [0.05, 0.1) is 14.1 Å². The van der Waals surface area contributed by atoms with E-state index >= 15 is 0 Å². The van der Waals surface area contributed by atoms with Crippen molar-refractivity contribution in [1.29, 1.82) is 0 Å². The van der Waals surface area contributed by atoms with Crippen LogP contribution in [0.1, 0.15) is 0 Å². The maximum Gasteiger partial charge on any atom is 0.276 e. The van der Waals surface area contributed by atoms with Crippen LogP contribution in [0, 0.1) is 0 Å². The second kappa shape index (κ2) is 28.3. The van der Waals surface area contributed by atoms with Crippen LogP contribution < -0.4 is 21.3 Å². The van der Waals surface area contributed by atoms with Crippen LogP contribution in [0.3, 0.4) is 0 Å². The first-order valence-corrected chi connectivity index (χ1v) is 3.06. The Morgan fingerprint density at radius 3 is 1.12 bits per heavy atom. The van der Waals surface area contributed by atoms with E-state index in [0.29, 0.717) is 0 Å². The van der Waals surface area contributed by atoms with Crippen molar-refractivity contribution in [2.75, 3.05) is 14.1 Å². The third kappa shape index (κ3) is 40300. The van der Waals surface area contributed by atoms with E-state index in [9.17, 15) is 0 Å². The Kier molecular flexibility index (Phi) is 55.5. The van der Waals surface area contributed by atoms with E-state index in [0.717, 1.165) is 0 Å². The van der Waals surface area contributed by atoms with Crippen molar-refractivity contribution < 1.29 is 25.8 Å². The minimum atomic E-state index is -3.37. The van der Waals surface area contributed by atoms with Crippen molar-refractivity contribution >= 4 is 8.25 Å². The van der Waals surface area contributed by atoms with Crippen LogP contribution in [-0.2, 0) is 4.57 Å². The van der Waals surface area contributed by atoms with E-state index in [4.69, 9.17) is 14.4 Å². The molecule has 0 rings (SSSR count). The fourth-order valence-corrected chi connectivity index (χ4v) is 0. The topological polar surface area (TPSA) is 118 Å². The van der Waals surface area contributed by atoms with E-state index in [1.165, 1.54) is 0 Å². The summed E-state index contributed by atoms with van der Waals surface area (Å²) in [5, 5.41) is 0. The maximum atomic E-state index is 8.48. The van der Waals surface area contributed by atoms with Gasteiger partial charge in [0, 0.05) is 0 Å². The summed E-state index contributed by atoms with van der Waals surface area (Å²) in [7, 11) is 0.130. The first-order valence-electron chi connectivity index (χ1n) is 1.96. The third-order valence-electron chi connectivity index (χ3n) is 0. The molecule has 0 aromatic carbocycles. The summed E-state index contributed by atoms with van der Waals surface area (Å²) in [5.74, 6) is 0. The van der Waals surface area contributed by atoms with Crippen LogP contribution >= 0.6 is 8.25 Å². The van der Waals surface area contributed by atoms with E-state index < -0.39 is 8.25 Å². The van der Waals surface area contributed by atoms with Crippen LogP contribution in [0.25, 0.3) is 0 Å². The van der Waals surface area contributed by atoms with Gasteiger partial charge in [-0.2, -0.15) is 0 Å². The maximum absolute atomic E-state index is 8.48. The van der Waals surface area contributed by atoms with Gasteiger partial charge in [0.2, 0.25) is 0 Å². The van der Waals surface area contributed by atoms with Crippen LogP contribution in [0.15, 0.2) is 0 Å². The molecule has 0 amide bonds. The van der Waals surface area contributed by atoms with Crippen LogP contribution in [0.4, 0.5) is 0 Å². The van der Waals surface area contributed by atoms with E-state index in [1.807, 2.05) is 0 Å². The van der Waals surface area contributed by atoms with E-state index in [1.54, 1.807) is 14.1 Å². The summed E-state index contributed by atoms with van der Waals surface area (Å²) in [5.41, 5.74) is 6.50. The predicted molar refractivity (Wildman–Crippen MR) is 25.2 cm³/mol. The van der Waals surface area contributed by atoms with Gasteiger partial charge in [-0.15, -0.1) is 0 Å². The highest BCUT2D eigenvalue weighted by Gasteiger charge is 1.53. The molecule has 0 heterocycles. The lowest BCUT2D eigenvalue weighted by Crippen LogP contribution is -2.40. The van der Waals surface area contributed by atoms with Gasteiger partial charge in [0.1, 0.15) is 0 Å². The summed E-state index contributed by atoms with van der Waals surface area (Å²) in [4.78, 5) is 17.0. The average molecular weight is 143 g/mol. The van der Waals surface area contributed by atoms with Crippen LogP contribution in [0.5, 0.6) is 0 Å². The molecule has 52 valence electrons. The zero-order valence-electron chi connectivity index (χ0n) is 5.09. The zero-order chi connectivity index (χ0) is 7.58. The molecule has 0 spiro atoms.